The third-order valence-electron chi connectivity index (χ3n) is 3.59. The molecule has 0 spiro atoms. The zero-order valence-corrected chi connectivity index (χ0v) is 13.9. The van der Waals surface area contributed by atoms with Gasteiger partial charge in [0.25, 0.3) is 0 Å². The molecule has 2 rings (SSSR count). The van der Waals surface area contributed by atoms with Gasteiger partial charge in [-0.2, -0.15) is 13.2 Å². The van der Waals surface area contributed by atoms with Gasteiger partial charge in [0.15, 0.2) is 0 Å². The number of halogens is 3. The Morgan fingerprint density at radius 2 is 1.95 bits per heavy atom. The number of hydrogen-bond acceptors (Lipinski definition) is 5. The molecule has 0 amide bonds. The molecule has 0 aromatic rings. The third-order valence-corrected chi connectivity index (χ3v) is 8.49. The Balaban J connectivity index is 2.12. The van der Waals surface area contributed by atoms with Crippen molar-refractivity contribution in [1.82, 2.24) is 0 Å². The lowest BCUT2D eigenvalue weighted by Crippen LogP contribution is -2.43. The summed E-state index contributed by atoms with van der Waals surface area (Å²) >= 11 is 3.27. The molecule has 0 aromatic carbocycles. The van der Waals surface area contributed by atoms with Gasteiger partial charge in [0.2, 0.25) is 5.12 Å². The van der Waals surface area contributed by atoms with Gasteiger partial charge < -0.3 is 0 Å². The fraction of sp³-hybridized carbons (Fsp3) is 0.846. The summed E-state index contributed by atoms with van der Waals surface area (Å²) in [6.45, 7) is 0. The van der Waals surface area contributed by atoms with Crippen LogP contribution in [0, 0.1) is 5.92 Å². The highest BCUT2D eigenvalue weighted by Crippen LogP contribution is 2.54. The average Bonchev–Trinajstić information content (AvgIpc) is 2.44. The maximum atomic E-state index is 12.5. The molecule has 120 valence electrons. The van der Waals surface area contributed by atoms with Crippen LogP contribution in [0.15, 0.2) is 0 Å². The van der Waals surface area contributed by atoms with Crippen LogP contribution in [0.1, 0.15) is 32.1 Å². The summed E-state index contributed by atoms with van der Waals surface area (Å²) in [4.78, 5) is 24.2. The maximum Gasteiger partial charge on any atom is 0.398 e. The summed E-state index contributed by atoms with van der Waals surface area (Å²) < 4.78 is 36.3. The Kier molecular flexibility index (Phi) is 5.99. The summed E-state index contributed by atoms with van der Waals surface area (Å²) in [7, 11) is 0. The van der Waals surface area contributed by atoms with Crippen LogP contribution in [0.5, 0.6) is 0 Å². The molecule has 0 aromatic heterocycles. The number of rotatable bonds is 3. The Labute approximate surface area is 134 Å². The fourth-order valence-corrected chi connectivity index (χ4v) is 7.34. The van der Waals surface area contributed by atoms with Gasteiger partial charge in [0.1, 0.15) is 9.86 Å². The smallest absolute Gasteiger partial charge is 0.300 e. The molecule has 1 atom stereocenters. The summed E-state index contributed by atoms with van der Waals surface area (Å²) in [6.07, 6.45) is -1.03. The molecule has 1 aliphatic heterocycles. The van der Waals surface area contributed by atoms with Gasteiger partial charge in [0, 0.05) is 12.8 Å². The first-order valence-electron chi connectivity index (χ1n) is 6.87. The molecule has 21 heavy (non-hydrogen) atoms. The van der Waals surface area contributed by atoms with Crippen molar-refractivity contribution < 1.29 is 22.8 Å². The van der Waals surface area contributed by atoms with E-state index in [0.717, 1.165) is 30.8 Å². The topological polar surface area (TPSA) is 34.1 Å². The van der Waals surface area contributed by atoms with Gasteiger partial charge in [-0.1, -0.05) is 11.8 Å². The number of Topliss-reactive ketones (excluding diaryl/α,β-unsaturated/α-hetero) is 1. The van der Waals surface area contributed by atoms with E-state index in [9.17, 15) is 22.8 Å². The minimum atomic E-state index is -4.34. The van der Waals surface area contributed by atoms with E-state index in [2.05, 4.69) is 0 Å². The monoisotopic (exact) mass is 358 g/mol. The van der Waals surface area contributed by atoms with Crippen LogP contribution in [0.4, 0.5) is 13.2 Å². The molecule has 2 aliphatic rings. The van der Waals surface area contributed by atoms with E-state index in [0.29, 0.717) is 24.6 Å². The molecule has 0 bridgehead atoms. The van der Waals surface area contributed by atoms with Crippen molar-refractivity contribution in [2.75, 3.05) is 17.3 Å². The molecule has 2 nitrogen and oxygen atoms in total. The molecular formula is C13H17F3O2S3. The number of alkyl halides is 3. The Morgan fingerprint density at radius 3 is 2.52 bits per heavy atom. The second-order valence-corrected chi connectivity index (χ2v) is 9.13. The first-order valence-corrected chi connectivity index (χ1v) is 9.83. The predicted molar refractivity (Wildman–Crippen MR) is 82.7 cm³/mol. The lowest BCUT2D eigenvalue weighted by molar-refractivity contribution is -0.122. The van der Waals surface area contributed by atoms with Gasteiger partial charge in [-0.3, -0.25) is 9.59 Å². The van der Waals surface area contributed by atoms with Gasteiger partial charge in [0.05, 0.1) is 5.75 Å². The summed E-state index contributed by atoms with van der Waals surface area (Å²) in [5.74, 6) is 0.412. The Bertz CT molecular complexity index is 406. The normalized spacial score (nSPS) is 26.6. The van der Waals surface area contributed by atoms with Crippen molar-refractivity contribution in [3.8, 4) is 0 Å². The molecule has 1 heterocycles. The van der Waals surface area contributed by atoms with Crippen molar-refractivity contribution in [2.24, 2.45) is 5.92 Å². The standard InChI is InChI=1S/C13H17F3O2S3/c14-12(15,16)8-19-11(18)13(20-5-2-6-21-13)9-3-1-4-10(17)7-9/h9H,1-8H2/t9-/m0/s1. The zero-order chi connectivity index (χ0) is 15.5. The first-order chi connectivity index (χ1) is 9.83. The highest BCUT2D eigenvalue weighted by molar-refractivity contribution is 8.25. The van der Waals surface area contributed by atoms with Crippen molar-refractivity contribution >= 4 is 46.2 Å². The summed E-state index contributed by atoms with van der Waals surface area (Å²) in [5, 5.41) is -0.408. The van der Waals surface area contributed by atoms with Crippen LogP contribution in [-0.4, -0.2) is 38.4 Å². The van der Waals surface area contributed by atoms with Crippen molar-refractivity contribution in [3.05, 3.63) is 0 Å². The quantitative estimate of drug-likeness (QED) is 0.758. The number of hydrogen-bond donors (Lipinski definition) is 0. The number of carbonyl (C=O) groups is 2. The van der Waals surface area contributed by atoms with Crippen molar-refractivity contribution in [3.63, 3.8) is 0 Å². The zero-order valence-electron chi connectivity index (χ0n) is 11.4. The van der Waals surface area contributed by atoms with E-state index in [1.807, 2.05) is 0 Å². The van der Waals surface area contributed by atoms with E-state index in [-0.39, 0.29) is 11.7 Å². The molecule has 1 saturated carbocycles. The lowest BCUT2D eigenvalue weighted by atomic mass is 9.86. The summed E-state index contributed by atoms with van der Waals surface area (Å²) in [5.41, 5.74) is 0. The van der Waals surface area contributed by atoms with Crippen LogP contribution < -0.4 is 0 Å². The van der Waals surface area contributed by atoms with E-state index in [4.69, 9.17) is 0 Å². The molecular weight excluding hydrogens is 341 g/mol. The molecule has 1 aliphatic carbocycles. The Hall–Kier alpha value is 0.180. The second kappa shape index (κ2) is 7.17. The largest absolute Gasteiger partial charge is 0.398 e. The van der Waals surface area contributed by atoms with Gasteiger partial charge in [-0.25, -0.2) is 0 Å². The van der Waals surface area contributed by atoms with Crippen LogP contribution in [-0.2, 0) is 9.59 Å². The van der Waals surface area contributed by atoms with E-state index >= 15 is 0 Å². The van der Waals surface area contributed by atoms with Crippen LogP contribution >= 0.6 is 35.3 Å². The number of ketones is 1. The van der Waals surface area contributed by atoms with Crippen LogP contribution in [0.25, 0.3) is 0 Å². The molecule has 1 saturated heterocycles. The predicted octanol–water partition coefficient (Wildman–Crippen LogP) is 4.13. The van der Waals surface area contributed by atoms with Gasteiger partial charge in [-0.05, 0) is 36.7 Å². The number of carbonyl (C=O) groups excluding carboxylic acids is 2. The van der Waals surface area contributed by atoms with Crippen molar-refractivity contribution in [2.45, 2.75) is 42.4 Å². The molecule has 8 heteroatoms. The molecule has 0 radical (unpaired) electrons. The molecule has 0 N–H and O–H groups in total. The highest BCUT2D eigenvalue weighted by atomic mass is 32.2. The number of thioether (sulfide) groups is 3. The van der Waals surface area contributed by atoms with E-state index in [1.165, 1.54) is 23.5 Å². The van der Waals surface area contributed by atoms with Gasteiger partial charge in [-0.15, -0.1) is 23.5 Å². The van der Waals surface area contributed by atoms with Gasteiger partial charge >= 0.3 is 6.18 Å². The molecule has 2 fully saturated rings. The lowest BCUT2D eigenvalue weighted by Gasteiger charge is -2.42. The van der Waals surface area contributed by atoms with E-state index < -0.39 is 21.1 Å². The van der Waals surface area contributed by atoms with Crippen LogP contribution in [0.3, 0.4) is 0 Å². The third kappa shape index (κ3) is 4.58. The maximum absolute atomic E-state index is 12.5. The minimum absolute atomic E-state index is 0.123. The Morgan fingerprint density at radius 1 is 1.29 bits per heavy atom. The average molecular weight is 358 g/mol. The van der Waals surface area contributed by atoms with E-state index in [1.54, 1.807) is 0 Å². The highest BCUT2D eigenvalue weighted by Gasteiger charge is 2.49. The van der Waals surface area contributed by atoms with Crippen molar-refractivity contribution in [1.29, 1.82) is 0 Å². The fourth-order valence-electron chi connectivity index (χ4n) is 2.67. The molecule has 0 unspecified atom stereocenters. The second-order valence-electron chi connectivity index (χ2n) is 5.24. The minimum Gasteiger partial charge on any atom is -0.300 e. The SMILES string of the molecule is O=C1CCC[C@H](C2(C(=O)SCC(F)(F)F)SCCCS2)C1. The first kappa shape index (κ1) is 17.5. The summed E-state index contributed by atoms with van der Waals surface area (Å²) in [6, 6.07) is 0. The van der Waals surface area contributed by atoms with Crippen LogP contribution in [0.2, 0.25) is 0 Å².